The van der Waals surface area contributed by atoms with Crippen molar-refractivity contribution in [1.29, 1.82) is 0 Å². The molecule has 0 radical (unpaired) electrons. The maximum Gasteiger partial charge on any atom is 0.291 e. The van der Waals surface area contributed by atoms with Crippen molar-refractivity contribution in [3.05, 3.63) is 50.1 Å². The molecule has 76 valence electrons. The number of nitro groups is 1. The van der Waals surface area contributed by atoms with E-state index < -0.39 is 10.0 Å². The minimum Gasteiger partial charge on any atom is -0.328 e. The first kappa shape index (κ1) is 11.8. The summed E-state index contributed by atoms with van der Waals surface area (Å²) in [5.74, 6) is 0. The Morgan fingerprint density at radius 1 is 1.14 bits per heavy atom. The summed E-state index contributed by atoms with van der Waals surface area (Å²) in [6.45, 7) is 1.89. The summed E-state index contributed by atoms with van der Waals surface area (Å²) in [5, 5.41) is 23.8. The molecule has 0 spiro atoms. The summed E-state index contributed by atoms with van der Waals surface area (Å²) < 4.78 is 0. The van der Waals surface area contributed by atoms with Gasteiger partial charge in [0.05, 0.1) is 4.92 Å². The summed E-state index contributed by atoms with van der Waals surface area (Å²) in [6, 6.07) is 6.43. The fourth-order valence-electron chi connectivity index (χ4n) is 0.666. The molecule has 0 atom stereocenters. The van der Waals surface area contributed by atoms with Crippen molar-refractivity contribution in [2.45, 2.75) is 6.92 Å². The van der Waals surface area contributed by atoms with Crippen molar-refractivity contribution in [3.63, 3.8) is 0 Å². The number of hydrogen-bond acceptors (Lipinski definition) is 4. The van der Waals surface area contributed by atoms with E-state index in [1.807, 2.05) is 6.92 Å². The number of nitrogens with zero attached hydrogens (tertiary/aromatic N) is 2. The second kappa shape index (κ2) is 5.46. The third kappa shape index (κ3) is 5.47. The lowest BCUT2D eigenvalue weighted by molar-refractivity contribution is -0.742. The first-order valence-corrected chi connectivity index (χ1v) is 3.48. The summed E-state index contributed by atoms with van der Waals surface area (Å²) in [4.78, 5) is 18.1. The Morgan fingerprint density at radius 3 is 1.79 bits per heavy atom. The Kier molecular flexibility index (Phi) is 4.61. The molecule has 0 saturated carbocycles. The average molecular weight is 200 g/mol. The second-order valence-corrected chi connectivity index (χ2v) is 2.33. The SMILES string of the molecule is Cc1ccc([N+](=O)[O-])cc1.O=[N+]([O-])O. The number of benzene rings is 1. The topological polar surface area (TPSA) is 107 Å². The highest BCUT2D eigenvalue weighted by Gasteiger charge is 2.00. The smallest absolute Gasteiger partial charge is 0.291 e. The molecule has 0 unspecified atom stereocenters. The fourth-order valence-corrected chi connectivity index (χ4v) is 0.666. The van der Waals surface area contributed by atoms with Gasteiger partial charge in [0, 0.05) is 12.1 Å². The van der Waals surface area contributed by atoms with Crippen molar-refractivity contribution >= 4 is 5.69 Å². The highest BCUT2D eigenvalue weighted by molar-refractivity contribution is 5.31. The molecule has 1 aromatic rings. The Labute approximate surface area is 78.9 Å². The molecule has 0 aliphatic rings. The zero-order valence-electron chi connectivity index (χ0n) is 7.28. The van der Waals surface area contributed by atoms with Crippen molar-refractivity contribution in [2.24, 2.45) is 0 Å². The van der Waals surface area contributed by atoms with Gasteiger partial charge >= 0.3 is 0 Å². The maximum absolute atomic E-state index is 10.1. The lowest BCUT2D eigenvalue weighted by Gasteiger charge is -1.90. The molecule has 0 aromatic heterocycles. The molecular formula is C7H8N2O5. The van der Waals surface area contributed by atoms with E-state index >= 15 is 0 Å². The normalized spacial score (nSPS) is 8.36. The Bertz CT molecular complexity index is 317. The van der Waals surface area contributed by atoms with Crippen molar-refractivity contribution < 1.29 is 15.2 Å². The van der Waals surface area contributed by atoms with Crippen LogP contribution in [0.1, 0.15) is 5.56 Å². The van der Waals surface area contributed by atoms with Crippen molar-refractivity contribution in [1.82, 2.24) is 0 Å². The van der Waals surface area contributed by atoms with E-state index in [4.69, 9.17) is 15.3 Å². The number of hydrogen-bond donors (Lipinski definition) is 1. The molecule has 0 saturated heterocycles. The van der Waals surface area contributed by atoms with Crippen molar-refractivity contribution in [2.75, 3.05) is 0 Å². The Balaban J connectivity index is 0.000000364. The summed E-state index contributed by atoms with van der Waals surface area (Å²) in [5.41, 5.74) is 1.18. The van der Waals surface area contributed by atoms with Crippen LogP contribution in [0.3, 0.4) is 0 Å². The molecule has 0 fully saturated rings. The van der Waals surface area contributed by atoms with Crippen LogP contribution in [0.2, 0.25) is 0 Å². The van der Waals surface area contributed by atoms with Crippen LogP contribution in [-0.4, -0.2) is 15.2 Å². The zero-order valence-corrected chi connectivity index (χ0v) is 7.28. The van der Waals surface area contributed by atoms with E-state index in [0.717, 1.165) is 5.56 Å². The molecule has 1 rings (SSSR count). The van der Waals surface area contributed by atoms with Crippen LogP contribution >= 0.6 is 0 Å². The van der Waals surface area contributed by atoms with Gasteiger partial charge in [-0.25, -0.2) is 0 Å². The molecule has 1 aromatic carbocycles. The number of nitro benzene ring substituents is 1. The van der Waals surface area contributed by atoms with E-state index in [2.05, 4.69) is 0 Å². The van der Waals surface area contributed by atoms with Crippen LogP contribution in [0, 0.1) is 27.2 Å². The third-order valence-corrected chi connectivity index (χ3v) is 1.24. The molecule has 7 nitrogen and oxygen atoms in total. The summed E-state index contributed by atoms with van der Waals surface area (Å²) in [6.07, 6.45) is 0. The first-order valence-electron chi connectivity index (χ1n) is 3.48. The lowest BCUT2D eigenvalue weighted by Crippen LogP contribution is -1.86. The second-order valence-electron chi connectivity index (χ2n) is 2.33. The van der Waals surface area contributed by atoms with Gasteiger partial charge in [0.1, 0.15) is 0 Å². The Hall–Kier alpha value is -2.18. The van der Waals surface area contributed by atoms with Gasteiger partial charge in [-0.2, -0.15) is 0 Å². The monoisotopic (exact) mass is 200 g/mol. The third-order valence-electron chi connectivity index (χ3n) is 1.24. The molecule has 0 aliphatic heterocycles. The first-order chi connectivity index (χ1) is 6.43. The Morgan fingerprint density at radius 2 is 1.50 bits per heavy atom. The predicted molar refractivity (Wildman–Crippen MR) is 46.6 cm³/mol. The highest BCUT2D eigenvalue weighted by Crippen LogP contribution is 2.10. The predicted octanol–water partition coefficient (Wildman–Crippen LogP) is 1.56. The minimum atomic E-state index is -1.50. The van der Waals surface area contributed by atoms with Gasteiger partial charge in [-0.05, 0) is 6.92 Å². The van der Waals surface area contributed by atoms with Gasteiger partial charge in [-0.1, -0.05) is 17.7 Å². The average Bonchev–Trinajstić information content (AvgIpc) is 2.03. The summed E-state index contributed by atoms with van der Waals surface area (Å²) >= 11 is 0. The van der Waals surface area contributed by atoms with E-state index in [1.165, 1.54) is 12.1 Å². The van der Waals surface area contributed by atoms with Gasteiger partial charge in [0.2, 0.25) is 0 Å². The van der Waals surface area contributed by atoms with Crippen LogP contribution in [-0.2, 0) is 0 Å². The standard InChI is InChI=1S/C7H7NO2.HNO3/c1-6-2-4-7(5-3-6)8(9)10;2-1(3)4/h2-5H,1H3;(H,2,3,4). The van der Waals surface area contributed by atoms with Crippen LogP contribution in [0.4, 0.5) is 5.69 Å². The molecular weight excluding hydrogens is 192 g/mol. The quantitative estimate of drug-likeness (QED) is 0.546. The molecule has 0 bridgehead atoms. The summed E-state index contributed by atoms with van der Waals surface area (Å²) in [7, 11) is 0. The van der Waals surface area contributed by atoms with E-state index in [1.54, 1.807) is 12.1 Å². The lowest BCUT2D eigenvalue weighted by atomic mass is 10.2. The van der Waals surface area contributed by atoms with Crippen LogP contribution in [0.25, 0.3) is 0 Å². The van der Waals surface area contributed by atoms with Gasteiger partial charge in [-0.3, -0.25) is 10.1 Å². The van der Waals surface area contributed by atoms with Gasteiger partial charge < -0.3 is 5.21 Å². The number of non-ortho nitro benzene ring substituents is 1. The van der Waals surface area contributed by atoms with Gasteiger partial charge in [0.25, 0.3) is 10.8 Å². The molecule has 0 heterocycles. The van der Waals surface area contributed by atoms with Crippen LogP contribution in [0.15, 0.2) is 24.3 Å². The molecule has 0 amide bonds. The van der Waals surface area contributed by atoms with Crippen molar-refractivity contribution in [3.8, 4) is 0 Å². The molecule has 0 aliphatic carbocycles. The number of rotatable bonds is 1. The van der Waals surface area contributed by atoms with Gasteiger partial charge in [-0.15, -0.1) is 10.1 Å². The minimum absolute atomic E-state index is 0.144. The van der Waals surface area contributed by atoms with E-state index in [-0.39, 0.29) is 5.69 Å². The molecule has 1 N–H and O–H groups in total. The largest absolute Gasteiger partial charge is 0.328 e. The van der Waals surface area contributed by atoms with Crippen LogP contribution < -0.4 is 0 Å². The molecule has 7 heteroatoms. The maximum atomic E-state index is 10.1. The van der Waals surface area contributed by atoms with Gasteiger partial charge in [0.15, 0.2) is 0 Å². The fraction of sp³-hybridized carbons (Fsp3) is 0.143. The van der Waals surface area contributed by atoms with E-state index in [9.17, 15) is 10.1 Å². The van der Waals surface area contributed by atoms with E-state index in [0.29, 0.717) is 0 Å². The molecule has 14 heavy (non-hydrogen) atoms. The zero-order chi connectivity index (χ0) is 11.1. The van der Waals surface area contributed by atoms with Crippen LogP contribution in [0.5, 0.6) is 0 Å². The number of aryl methyl sites for hydroxylation is 1. The highest BCUT2D eigenvalue weighted by atomic mass is 16.9.